The molecule has 1 atom stereocenters. The van der Waals surface area contributed by atoms with E-state index in [0.29, 0.717) is 0 Å². The summed E-state index contributed by atoms with van der Waals surface area (Å²) in [5, 5.41) is 11.8. The molecule has 0 aromatic heterocycles. The van der Waals surface area contributed by atoms with Crippen LogP contribution in [-0.4, -0.2) is 24.1 Å². The fourth-order valence-electron chi connectivity index (χ4n) is 1.44. The number of rotatable bonds is 6. The predicted octanol–water partition coefficient (Wildman–Crippen LogP) is 2.57. The van der Waals surface area contributed by atoms with Crippen molar-refractivity contribution in [1.29, 1.82) is 0 Å². The first-order valence-electron chi connectivity index (χ1n) is 5.37. The van der Waals surface area contributed by atoms with Gasteiger partial charge in [-0.2, -0.15) is 0 Å². The summed E-state index contributed by atoms with van der Waals surface area (Å²) in [6, 6.07) is 7.02. The van der Waals surface area contributed by atoms with E-state index >= 15 is 0 Å². The standard InChI is InChI=1S/C12H17F2NO/c1-9(15-8-12(13)14)2-3-10-4-6-11(16)7-5-10/h4-7,9,12,15-16H,2-3,8H2,1H3. The number of nitrogens with one attached hydrogen (secondary N) is 1. The van der Waals surface area contributed by atoms with E-state index in [0.717, 1.165) is 18.4 Å². The Morgan fingerprint density at radius 2 is 1.88 bits per heavy atom. The minimum atomic E-state index is -2.30. The summed E-state index contributed by atoms with van der Waals surface area (Å²) in [6.07, 6.45) is -0.675. The molecule has 0 radical (unpaired) electrons. The minimum absolute atomic E-state index is 0.0720. The van der Waals surface area contributed by atoms with Gasteiger partial charge in [-0.15, -0.1) is 0 Å². The molecule has 0 aliphatic rings. The second kappa shape index (κ2) is 6.43. The maximum absolute atomic E-state index is 11.9. The quantitative estimate of drug-likeness (QED) is 0.785. The Morgan fingerprint density at radius 3 is 2.44 bits per heavy atom. The monoisotopic (exact) mass is 229 g/mol. The van der Waals surface area contributed by atoms with Gasteiger partial charge in [0.15, 0.2) is 0 Å². The molecule has 0 amide bonds. The molecule has 16 heavy (non-hydrogen) atoms. The SMILES string of the molecule is CC(CCc1ccc(O)cc1)NCC(F)F. The van der Waals surface area contributed by atoms with E-state index < -0.39 is 6.43 Å². The normalized spacial score (nSPS) is 13.0. The van der Waals surface area contributed by atoms with Gasteiger partial charge in [-0.05, 0) is 37.5 Å². The Hall–Kier alpha value is -1.16. The van der Waals surface area contributed by atoms with Crippen LogP contribution in [0.25, 0.3) is 0 Å². The lowest BCUT2D eigenvalue weighted by atomic mass is 10.1. The van der Waals surface area contributed by atoms with E-state index in [1.807, 2.05) is 19.1 Å². The molecule has 0 aliphatic heterocycles. The van der Waals surface area contributed by atoms with E-state index in [9.17, 15) is 8.78 Å². The van der Waals surface area contributed by atoms with E-state index in [1.165, 1.54) is 0 Å². The Labute approximate surface area is 94.3 Å². The van der Waals surface area contributed by atoms with Gasteiger partial charge in [-0.3, -0.25) is 0 Å². The van der Waals surface area contributed by atoms with Crippen LogP contribution in [0.5, 0.6) is 5.75 Å². The van der Waals surface area contributed by atoms with Crippen molar-refractivity contribution >= 4 is 0 Å². The van der Waals surface area contributed by atoms with Crippen LogP contribution in [0, 0.1) is 0 Å². The van der Waals surface area contributed by atoms with Crippen molar-refractivity contribution < 1.29 is 13.9 Å². The van der Waals surface area contributed by atoms with Crippen molar-refractivity contribution in [1.82, 2.24) is 5.32 Å². The number of aryl methyl sites for hydroxylation is 1. The third-order valence-electron chi connectivity index (χ3n) is 2.42. The summed E-state index contributed by atoms with van der Waals surface area (Å²) >= 11 is 0. The third-order valence-corrected chi connectivity index (χ3v) is 2.42. The number of phenols is 1. The zero-order valence-corrected chi connectivity index (χ0v) is 9.29. The van der Waals surface area contributed by atoms with Crippen LogP contribution < -0.4 is 5.32 Å². The number of phenolic OH excluding ortho intramolecular Hbond substituents is 1. The molecule has 1 aromatic rings. The summed E-state index contributed by atoms with van der Waals surface area (Å²) in [5.41, 5.74) is 1.10. The van der Waals surface area contributed by atoms with E-state index in [-0.39, 0.29) is 18.3 Å². The van der Waals surface area contributed by atoms with E-state index in [2.05, 4.69) is 5.32 Å². The summed E-state index contributed by atoms with van der Waals surface area (Å²) in [5.74, 6) is 0.243. The van der Waals surface area contributed by atoms with Gasteiger partial charge >= 0.3 is 0 Å². The fourth-order valence-corrected chi connectivity index (χ4v) is 1.44. The molecule has 0 saturated carbocycles. The number of hydrogen-bond donors (Lipinski definition) is 2. The lowest BCUT2D eigenvalue weighted by Gasteiger charge is -2.13. The zero-order valence-electron chi connectivity index (χ0n) is 9.29. The summed E-state index contributed by atoms with van der Waals surface area (Å²) in [4.78, 5) is 0. The molecule has 0 bridgehead atoms. The van der Waals surface area contributed by atoms with Crippen LogP contribution in [0.3, 0.4) is 0 Å². The van der Waals surface area contributed by atoms with Crippen molar-refractivity contribution in [3.05, 3.63) is 29.8 Å². The first-order chi connectivity index (χ1) is 7.58. The number of hydrogen-bond acceptors (Lipinski definition) is 2. The van der Waals surface area contributed by atoms with Crippen molar-refractivity contribution in [2.45, 2.75) is 32.2 Å². The molecular weight excluding hydrogens is 212 g/mol. The molecule has 1 unspecified atom stereocenters. The number of benzene rings is 1. The van der Waals surface area contributed by atoms with Crippen LogP contribution in [0.15, 0.2) is 24.3 Å². The summed E-state index contributed by atoms with van der Waals surface area (Å²) in [6.45, 7) is 1.64. The highest BCUT2D eigenvalue weighted by atomic mass is 19.3. The highest BCUT2D eigenvalue weighted by Gasteiger charge is 2.06. The minimum Gasteiger partial charge on any atom is -0.508 e. The van der Waals surface area contributed by atoms with Gasteiger partial charge in [0.25, 0.3) is 6.43 Å². The summed E-state index contributed by atoms with van der Waals surface area (Å²) < 4.78 is 23.8. The first kappa shape index (κ1) is 12.9. The number of aromatic hydroxyl groups is 1. The molecule has 0 spiro atoms. The van der Waals surface area contributed by atoms with Gasteiger partial charge in [0.1, 0.15) is 5.75 Å². The number of alkyl halides is 2. The molecule has 0 heterocycles. The van der Waals surface area contributed by atoms with E-state index in [4.69, 9.17) is 5.11 Å². The largest absolute Gasteiger partial charge is 0.508 e. The molecule has 4 heteroatoms. The zero-order chi connectivity index (χ0) is 12.0. The van der Waals surface area contributed by atoms with Crippen molar-refractivity contribution in [2.75, 3.05) is 6.54 Å². The van der Waals surface area contributed by atoms with Crippen LogP contribution in [-0.2, 0) is 6.42 Å². The average molecular weight is 229 g/mol. The van der Waals surface area contributed by atoms with E-state index in [1.54, 1.807) is 12.1 Å². The second-order valence-corrected chi connectivity index (χ2v) is 3.91. The first-order valence-corrected chi connectivity index (χ1v) is 5.37. The predicted molar refractivity (Wildman–Crippen MR) is 59.9 cm³/mol. The van der Waals surface area contributed by atoms with Gasteiger partial charge in [-0.25, -0.2) is 8.78 Å². The van der Waals surface area contributed by atoms with Gasteiger partial charge in [0, 0.05) is 6.04 Å². The Morgan fingerprint density at radius 1 is 1.25 bits per heavy atom. The van der Waals surface area contributed by atoms with Crippen molar-refractivity contribution in [3.8, 4) is 5.75 Å². The molecular formula is C12H17F2NO. The van der Waals surface area contributed by atoms with Crippen molar-refractivity contribution in [3.63, 3.8) is 0 Å². The maximum atomic E-state index is 11.9. The lowest BCUT2D eigenvalue weighted by Crippen LogP contribution is -2.30. The average Bonchev–Trinajstić information content (AvgIpc) is 2.25. The molecule has 90 valence electrons. The molecule has 2 N–H and O–H groups in total. The van der Waals surface area contributed by atoms with Gasteiger partial charge in [0.05, 0.1) is 6.54 Å². The molecule has 1 aromatic carbocycles. The Kier molecular flexibility index (Phi) is 5.19. The van der Waals surface area contributed by atoms with Crippen LogP contribution >= 0.6 is 0 Å². The Bertz CT molecular complexity index is 300. The topological polar surface area (TPSA) is 32.3 Å². The van der Waals surface area contributed by atoms with Crippen molar-refractivity contribution in [2.24, 2.45) is 0 Å². The number of halogens is 2. The van der Waals surface area contributed by atoms with Crippen LogP contribution in [0.1, 0.15) is 18.9 Å². The van der Waals surface area contributed by atoms with Crippen LogP contribution in [0.2, 0.25) is 0 Å². The molecule has 0 saturated heterocycles. The molecule has 2 nitrogen and oxygen atoms in total. The van der Waals surface area contributed by atoms with Gasteiger partial charge < -0.3 is 10.4 Å². The molecule has 0 aliphatic carbocycles. The summed E-state index contributed by atoms with van der Waals surface area (Å²) in [7, 11) is 0. The molecule has 1 rings (SSSR count). The second-order valence-electron chi connectivity index (χ2n) is 3.91. The molecule has 0 fully saturated rings. The highest BCUT2D eigenvalue weighted by molar-refractivity contribution is 5.25. The van der Waals surface area contributed by atoms with Crippen LogP contribution in [0.4, 0.5) is 8.78 Å². The van der Waals surface area contributed by atoms with Gasteiger partial charge in [0.2, 0.25) is 0 Å². The highest BCUT2D eigenvalue weighted by Crippen LogP contribution is 2.11. The Balaban J connectivity index is 2.26. The maximum Gasteiger partial charge on any atom is 0.250 e. The van der Waals surface area contributed by atoms with Gasteiger partial charge in [-0.1, -0.05) is 12.1 Å². The smallest absolute Gasteiger partial charge is 0.250 e. The third kappa shape index (κ3) is 5.07. The lowest BCUT2D eigenvalue weighted by molar-refractivity contribution is 0.141. The fraction of sp³-hybridized carbons (Fsp3) is 0.500.